The minimum atomic E-state index is -0.202. The number of nitrogens with zero attached hydrogens (tertiary/aromatic N) is 4. The molecule has 0 atom stereocenters. The zero-order valence-electron chi connectivity index (χ0n) is 15.3. The van der Waals surface area contributed by atoms with Gasteiger partial charge in [0.05, 0.1) is 0 Å². The van der Waals surface area contributed by atoms with Gasteiger partial charge in [-0.2, -0.15) is 0 Å². The molecule has 1 saturated heterocycles. The summed E-state index contributed by atoms with van der Waals surface area (Å²) in [5.41, 5.74) is 1.43. The smallest absolute Gasteiger partial charge is 0.276 e. The summed E-state index contributed by atoms with van der Waals surface area (Å²) in [5, 5.41) is 0. The maximum absolute atomic E-state index is 12.9. The van der Waals surface area contributed by atoms with Gasteiger partial charge in [0, 0.05) is 38.4 Å². The molecule has 2 aromatic rings. The van der Waals surface area contributed by atoms with Gasteiger partial charge in [-0.15, -0.1) is 0 Å². The first-order chi connectivity index (χ1) is 12.6. The summed E-state index contributed by atoms with van der Waals surface area (Å²) in [6.45, 7) is 5.51. The van der Waals surface area contributed by atoms with Crippen LogP contribution < -0.4 is 4.90 Å². The molecule has 0 saturated carbocycles. The summed E-state index contributed by atoms with van der Waals surface area (Å²) >= 11 is 0. The van der Waals surface area contributed by atoms with Crippen LogP contribution in [0.2, 0.25) is 0 Å². The molecule has 0 N–H and O–H groups in total. The minimum Gasteiger partial charge on any atom is -0.335 e. The van der Waals surface area contributed by atoms with Crippen LogP contribution in [-0.4, -0.2) is 66.4 Å². The van der Waals surface area contributed by atoms with Gasteiger partial charge < -0.3 is 14.7 Å². The highest BCUT2D eigenvalue weighted by Crippen LogP contribution is 2.16. The van der Waals surface area contributed by atoms with E-state index in [0.717, 1.165) is 18.8 Å². The Morgan fingerprint density at radius 2 is 1.62 bits per heavy atom. The molecule has 1 aromatic heterocycles. The molecule has 26 heavy (non-hydrogen) atoms. The van der Waals surface area contributed by atoms with Crippen molar-refractivity contribution in [3.05, 3.63) is 59.9 Å². The zero-order valence-corrected chi connectivity index (χ0v) is 15.3. The van der Waals surface area contributed by atoms with E-state index >= 15 is 0 Å². The quantitative estimate of drug-likeness (QED) is 0.846. The predicted molar refractivity (Wildman–Crippen MR) is 101 cm³/mol. The van der Waals surface area contributed by atoms with Crippen molar-refractivity contribution in [2.75, 3.05) is 44.7 Å². The topological polar surface area (TPSA) is 56.8 Å². The second-order valence-electron chi connectivity index (χ2n) is 6.39. The third kappa shape index (κ3) is 3.91. The van der Waals surface area contributed by atoms with E-state index in [2.05, 4.69) is 9.88 Å². The number of hydrogen-bond donors (Lipinski definition) is 0. The molecule has 0 radical (unpaired) electrons. The summed E-state index contributed by atoms with van der Waals surface area (Å²) in [5.74, 6) is -0.317. The molecular formula is C20H24N4O2. The second-order valence-corrected chi connectivity index (χ2v) is 6.39. The normalized spacial score (nSPS) is 14.9. The first kappa shape index (κ1) is 18.1. The van der Waals surface area contributed by atoms with Gasteiger partial charge in [-0.25, -0.2) is 4.98 Å². The van der Waals surface area contributed by atoms with Crippen molar-refractivity contribution in [1.29, 1.82) is 0 Å². The number of likely N-dealkylation sites (N-methyl/N-ethyl adjacent to an activating group) is 1. The number of aromatic nitrogens is 1. The van der Waals surface area contributed by atoms with Crippen LogP contribution in [0.4, 0.5) is 5.69 Å². The summed E-state index contributed by atoms with van der Waals surface area (Å²) in [4.78, 5) is 35.6. The van der Waals surface area contributed by atoms with Gasteiger partial charge in [0.15, 0.2) is 0 Å². The van der Waals surface area contributed by atoms with Crippen molar-refractivity contribution in [2.45, 2.75) is 6.92 Å². The maximum atomic E-state index is 12.9. The average molecular weight is 352 g/mol. The van der Waals surface area contributed by atoms with Crippen LogP contribution in [0.5, 0.6) is 0 Å². The zero-order chi connectivity index (χ0) is 18.5. The molecule has 0 bridgehead atoms. The van der Waals surface area contributed by atoms with Crippen molar-refractivity contribution < 1.29 is 9.59 Å². The first-order valence-electron chi connectivity index (χ1n) is 8.92. The van der Waals surface area contributed by atoms with Crippen LogP contribution in [0.3, 0.4) is 0 Å². The molecule has 1 fully saturated rings. The Balaban J connectivity index is 1.80. The number of pyridine rings is 1. The fourth-order valence-electron chi connectivity index (χ4n) is 3.03. The maximum Gasteiger partial charge on any atom is 0.276 e. The van der Waals surface area contributed by atoms with Gasteiger partial charge in [0.1, 0.15) is 11.4 Å². The number of carbonyl (C=O) groups excluding carboxylic acids is 2. The Labute approximate surface area is 154 Å². The molecular weight excluding hydrogens is 328 g/mol. The van der Waals surface area contributed by atoms with Crippen molar-refractivity contribution in [2.24, 2.45) is 0 Å². The highest BCUT2D eigenvalue weighted by molar-refractivity contribution is 6.05. The van der Waals surface area contributed by atoms with Gasteiger partial charge in [-0.1, -0.05) is 24.3 Å². The number of benzene rings is 1. The van der Waals surface area contributed by atoms with E-state index in [4.69, 9.17) is 0 Å². The molecule has 2 heterocycles. The highest BCUT2D eigenvalue weighted by Gasteiger charge is 2.23. The summed E-state index contributed by atoms with van der Waals surface area (Å²) in [7, 11) is 2.04. The number of anilines is 1. The largest absolute Gasteiger partial charge is 0.335 e. The van der Waals surface area contributed by atoms with Crippen LogP contribution in [0.15, 0.2) is 48.5 Å². The third-order valence-electron chi connectivity index (χ3n) is 4.61. The molecule has 2 amide bonds. The number of para-hydroxylation sites is 1. The van der Waals surface area contributed by atoms with Gasteiger partial charge in [-0.3, -0.25) is 9.59 Å². The van der Waals surface area contributed by atoms with E-state index in [1.54, 1.807) is 28.0 Å². The molecule has 3 rings (SSSR count). The van der Waals surface area contributed by atoms with Crippen LogP contribution >= 0.6 is 0 Å². The van der Waals surface area contributed by atoms with Crippen LogP contribution in [0.25, 0.3) is 0 Å². The first-order valence-corrected chi connectivity index (χ1v) is 8.92. The molecule has 0 aliphatic carbocycles. The molecule has 1 aliphatic rings. The SMILES string of the molecule is CCN(C(=O)c1cccc(C(=O)N2CCN(C)CC2)n1)c1ccccc1. The molecule has 0 unspecified atom stereocenters. The lowest BCUT2D eigenvalue weighted by Crippen LogP contribution is -2.47. The van der Waals surface area contributed by atoms with Crippen molar-refractivity contribution in [1.82, 2.24) is 14.8 Å². The van der Waals surface area contributed by atoms with Crippen molar-refractivity contribution >= 4 is 17.5 Å². The van der Waals surface area contributed by atoms with E-state index in [9.17, 15) is 9.59 Å². The fraction of sp³-hybridized carbons (Fsp3) is 0.350. The fourth-order valence-corrected chi connectivity index (χ4v) is 3.03. The lowest BCUT2D eigenvalue weighted by molar-refractivity contribution is 0.0658. The standard InChI is InChI=1S/C20H24N4O2/c1-3-24(16-8-5-4-6-9-16)20(26)18-11-7-10-17(21-18)19(25)23-14-12-22(2)13-15-23/h4-11H,3,12-15H2,1-2H3. The summed E-state index contributed by atoms with van der Waals surface area (Å²) in [6.07, 6.45) is 0. The van der Waals surface area contributed by atoms with Gasteiger partial charge in [0.2, 0.25) is 0 Å². The molecule has 1 aliphatic heterocycles. The van der Waals surface area contributed by atoms with E-state index < -0.39 is 0 Å². The Morgan fingerprint density at radius 3 is 2.27 bits per heavy atom. The Bertz CT molecular complexity index is 770. The lowest BCUT2D eigenvalue weighted by Gasteiger charge is -2.32. The van der Waals surface area contributed by atoms with Crippen LogP contribution in [-0.2, 0) is 0 Å². The van der Waals surface area contributed by atoms with Crippen LogP contribution in [0.1, 0.15) is 27.9 Å². The number of rotatable bonds is 4. The number of piperazine rings is 1. The van der Waals surface area contributed by atoms with Crippen LogP contribution in [0, 0.1) is 0 Å². The van der Waals surface area contributed by atoms with E-state index in [-0.39, 0.29) is 17.5 Å². The van der Waals surface area contributed by atoms with E-state index in [1.807, 2.05) is 44.3 Å². The Kier molecular flexibility index (Phi) is 5.63. The number of amides is 2. The minimum absolute atomic E-state index is 0.115. The Morgan fingerprint density at radius 1 is 0.962 bits per heavy atom. The second kappa shape index (κ2) is 8.10. The van der Waals surface area contributed by atoms with Gasteiger partial charge >= 0.3 is 0 Å². The molecule has 136 valence electrons. The van der Waals surface area contributed by atoms with Crippen molar-refractivity contribution in [3.8, 4) is 0 Å². The van der Waals surface area contributed by atoms with E-state index in [0.29, 0.717) is 25.3 Å². The van der Waals surface area contributed by atoms with E-state index in [1.165, 1.54) is 0 Å². The average Bonchev–Trinajstić information content (AvgIpc) is 2.69. The monoisotopic (exact) mass is 352 g/mol. The van der Waals surface area contributed by atoms with Crippen molar-refractivity contribution in [3.63, 3.8) is 0 Å². The molecule has 0 spiro atoms. The number of hydrogen-bond acceptors (Lipinski definition) is 4. The highest BCUT2D eigenvalue weighted by atomic mass is 16.2. The lowest BCUT2D eigenvalue weighted by atomic mass is 10.2. The summed E-state index contributed by atoms with van der Waals surface area (Å²) < 4.78 is 0. The predicted octanol–water partition coefficient (Wildman–Crippen LogP) is 2.14. The Hall–Kier alpha value is -2.73. The molecule has 6 heteroatoms. The van der Waals surface area contributed by atoms with Gasteiger partial charge in [-0.05, 0) is 38.2 Å². The number of carbonyl (C=O) groups is 2. The molecule has 1 aromatic carbocycles. The summed E-state index contributed by atoms with van der Waals surface area (Å²) in [6, 6.07) is 14.5. The third-order valence-corrected chi connectivity index (χ3v) is 4.61. The molecule has 6 nitrogen and oxygen atoms in total. The van der Waals surface area contributed by atoms with Gasteiger partial charge in [0.25, 0.3) is 11.8 Å².